The first-order valence-electron chi connectivity index (χ1n) is 11.7. The molecule has 5 rings (SSSR count). The zero-order valence-electron chi connectivity index (χ0n) is 18.3. The zero-order chi connectivity index (χ0) is 20.9. The van der Waals surface area contributed by atoms with Crippen LogP contribution < -0.4 is 9.80 Å². The molecule has 4 aliphatic rings. The number of piperazine rings is 1. The third-order valence-electron chi connectivity index (χ3n) is 8.33. The Morgan fingerprint density at radius 3 is 2.87 bits per heavy atom. The highest BCUT2D eigenvalue weighted by atomic mass is 35.5. The number of rotatable bonds is 3. The van der Waals surface area contributed by atoms with E-state index in [4.69, 9.17) is 16.3 Å². The van der Waals surface area contributed by atoms with Gasteiger partial charge in [0.1, 0.15) is 12.0 Å². The Hall–Kier alpha value is -1.52. The van der Waals surface area contributed by atoms with Gasteiger partial charge in [0.25, 0.3) is 0 Å². The maximum Gasteiger partial charge on any atom is 0.315 e. The van der Waals surface area contributed by atoms with Crippen molar-refractivity contribution in [2.45, 2.75) is 52.1 Å². The lowest BCUT2D eigenvalue weighted by molar-refractivity contribution is -0.903. The third-order valence-corrected chi connectivity index (χ3v) is 8.57. The maximum atomic E-state index is 12.9. The Morgan fingerprint density at radius 2 is 2.10 bits per heavy atom. The van der Waals surface area contributed by atoms with Crippen LogP contribution >= 0.6 is 11.6 Å². The van der Waals surface area contributed by atoms with E-state index in [1.54, 1.807) is 16.0 Å². The molecule has 4 nitrogen and oxygen atoms in total. The first-order valence-corrected chi connectivity index (χ1v) is 12.0. The molecule has 1 saturated carbocycles. The van der Waals surface area contributed by atoms with Crippen LogP contribution in [0.5, 0.6) is 0 Å². The highest BCUT2D eigenvalue weighted by Gasteiger charge is 2.54. The molecular formula is C25H34ClN2O2+. The maximum absolute atomic E-state index is 12.9. The summed E-state index contributed by atoms with van der Waals surface area (Å²) in [6.07, 6.45) is 6.01. The number of carbonyl (C=O) groups is 1. The minimum Gasteiger partial charge on any atom is -0.462 e. The fourth-order valence-electron chi connectivity index (χ4n) is 6.61. The number of hydrogen-bond donors (Lipinski definition) is 1. The van der Waals surface area contributed by atoms with E-state index in [2.05, 4.69) is 24.8 Å². The molecule has 0 bridgehead atoms. The largest absolute Gasteiger partial charge is 0.462 e. The van der Waals surface area contributed by atoms with Gasteiger partial charge in [-0.25, -0.2) is 0 Å². The molecule has 0 amide bonds. The van der Waals surface area contributed by atoms with Crippen LogP contribution in [-0.2, 0) is 9.53 Å². The van der Waals surface area contributed by atoms with E-state index < -0.39 is 0 Å². The van der Waals surface area contributed by atoms with Crippen LogP contribution in [-0.4, -0.2) is 44.8 Å². The lowest BCUT2D eigenvalue weighted by Gasteiger charge is -2.45. The van der Waals surface area contributed by atoms with Gasteiger partial charge in [0, 0.05) is 16.6 Å². The Bertz CT molecular complexity index is 860. The fourth-order valence-corrected chi connectivity index (χ4v) is 6.80. The van der Waals surface area contributed by atoms with Gasteiger partial charge in [0.05, 0.1) is 32.7 Å². The summed E-state index contributed by atoms with van der Waals surface area (Å²) in [6.45, 7) is 9.79. The molecule has 2 saturated heterocycles. The third kappa shape index (κ3) is 3.67. The molecule has 5 heteroatoms. The van der Waals surface area contributed by atoms with Crippen molar-refractivity contribution in [2.24, 2.45) is 17.3 Å². The second-order valence-electron chi connectivity index (χ2n) is 10.2. The molecule has 2 heterocycles. The Balaban J connectivity index is 1.24. The van der Waals surface area contributed by atoms with Crippen LogP contribution in [0, 0.1) is 17.3 Å². The normalized spacial score (nSPS) is 34.6. The van der Waals surface area contributed by atoms with Gasteiger partial charge in [-0.1, -0.05) is 35.7 Å². The quantitative estimate of drug-likeness (QED) is 0.589. The van der Waals surface area contributed by atoms with E-state index in [-0.39, 0.29) is 23.4 Å². The molecule has 0 radical (unpaired) electrons. The van der Waals surface area contributed by atoms with E-state index in [0.29, 0.717) is 5.92 Å². The lowest BCUT2D eigenvalue weighted by atomic mass is 9.59. The number of allylic oxidation sites excluding steroid dienone is 2. The first kappa shape index (κ1) is 20.4. The number of nitrogens with zero attached hydrogens (tertiary/aromatic N) is 1. The van der Waals surface area contributed by atoms with Crippen molar-refractivity contribution in [3.63, 3.8) is 0 Å². The van der Waals surface area contributed by atoms with Crippen molar-refractivity contribution in [3.8, 4) is 0 Å². The molecule has 1 aromatic carbocycles. The Morgan fingerprint density at radius 1 is 1.30 bits per heavy atom. The summed E-state index contributed by atoms with van der Waals surface area (Å²) in [5.41, 5.74) is 4.70. The number of esters is 1. The van der Waals surface area contributed by atoms with E-state index in [1.807, 2.05) is 18.2 Å². The van der Waals surface area contributed by atoms with Crippen LogP contribution in [0.4, 0.5) is 5.69 Å². The number of anilines is 1. The number of fused-ring (bicyclic) bond motifs is 2. The predicted molar refractivity (Wildman–Crippen MR) is 120 cm³/mol. The predicted octanol–water partition coefficient (Wildman–Crippen LogP) is 3.50. The molecule has 30 heavy (non-hydrogen) atoms. The summed E-state index contributed by atoms with van der Waals surface area (Å²) in [5.74, 6) is 0.511. The molecule has 162 valence electrons. The number of carbonyl (C=O) groups excluding carboxylic acids is 1. The van der Waals surface area contributed by atoms with Crippen molar-refractivity contribution in [2.75, 3.05) is 37.6 Å². The average molecular weight is 430 g/mol. The first-order chi connectivity index (χ1) is 14.4. The van der Waals surface area contributed by atoms with Crippen LogP contribution in [0.1, 0.15) is 46.0 Å². The van der Waals surface area contributed by atoms with Gasteiger partial charge in [0.15, 0.2) is 0 Å². The Kier molecular flexibility index (Phi) is 5.35. The second kappa shape index (κ2) is 7.87. The van der Waals surface area contributed by atoms with Crippen LogP contribution in [0.15, 0.2) is 35.4 Å². The molecule has 2 aliphatic heterocycles. The van der Waals surface area contributed by atoms with Crippen molar-refractivity contribution < 1.29 is 14.4 Å². The van der Waals surface area contributed by atoms with E-state index >= 15 is 0 Å². The Labute approximate surface area is 185 Å². The molecule has 2 aliphatic carbocycles. The van der Waals surface area contributed by atoms with Crippen molar-refractivity contribution in [3.05, 3.63) is 40.4 Å². The van der Waals surface area contributed by atoms with Crippen LogP contribution in [0.3, 0.4) is 0 Å². The zero-order valence-corrected chi connectivity index (χ0v) is 19.0. The van der Waals surface area contributed by atoms with Gasteiger partial charge in [-0.05, 0) is 62.6 Å². The van der Waals surface area contributed by atoms with E-state index in [1.165, 1.54) is 24.9 Å². The van der Waals surface area contributed by atoms with Crippen molar-refractivity contribution >= 4 is 23.3 Å². The molecule has 0 spiro atoms. The number of benzene rings is 1. The minimum atomic E-state index is 0.0643. The molecule has 0 aromatic heterocycles. The number of halogens is 1. The van der Waals surface area contributed by atoms with Gasteiger partial charge in [-0.15, -0.1) is 0 Å². The highest BCUT2D eigenvalue weighted by molar-refractivity contribution is 6.30. The molecule has 0 unspecified atom stereocenters. The number of hydrogen-bond acceptors (Lipinski definition) is 3. The van der Waals surface area contributed by atoms with E-state index in [0.717, 1.165) is 50.6 Å². The van der Waals surface area contributed by atoms with Gasteiger partial charge < -0.3 is 14.5 Å². The van der Waals surface area contributed by atoms with Gasteiger partial charge in [-0.2, -0.15) is 0 Å². The molecule has 1 aromatic rings. The summed E-state index contributed by atoms with van der Waals surface area (Å²) in [5, 5.41) is 0.790. The molecule has 3 fully saturated rings. The summed E-state index contributed by atoms with van der Waals surface area (Å²) in [7, 11) is 0. The molecule has 1 N–H and O–H groups in total. The smallest absolute Gasteiger partial charge is 0.315 e. The van der Waals surface area contributed by atoms with E-state index in [9.17, 15) is 4.79 Å². The minimum absolute atomic E-state index is 0.0643. The highest BCUT2D eigenvalue weighted by Crippen LogP contribution is 2.54. The average Bonchev–Trinajstić information content (AvgIpc) is 3.01. The lowest BCUT2D eigenvalue weighted by Crippen LogP contribution is -3.15. The second-order valence-corrected chi connectivity index (χ2v) is 10.7. The molecule has 4 atom stereocenters. The fraction of sp³-hybridized carbons (Fsp3) is 0.640. The summed E-state index contributed by atoms with van der Waals surface area (Å²) in [6, 6.07) is 8.12. The van der Waals surface area contributed by atoms with Gasteiger partial charge >= 0.3 is 5.97 Å². The summed E-state index contributed by atoms with van der Waals surface area (Å²) in [4.78, 5) is 16.8. The standard InChI is InChI=1S/C25H33ClN2O2/c1-17-5-4-8-25(2)15-23-20(14-22(17)25)21(24(29)30-23)16-27-9-11-28(12-10-27)19-7-3-6-18(26)13-19/h3,6-7,13,20-21,23H,4-5,8-12,14-16H2,1-2H3/p+1/t20-,21-,23-,25-/m1/s1. The summed E-state index contributed by atoms with van der Waals surface area (Å²) >= 11 is 6.17. The summed E-state index contributed by atoms with van der Waals surface area (Å²) < 4.78 is 5.97. The number of nitrogens with one attached hydrogen (secondary N) is 1. The van der Waals surface area contributed by atoms with Crippen molar-refractivity contribution in [1.82, 2.24) is 0 Å². The number of ether oxygens (including phenoxy) is 1. The molecular weight excluding hydrogens is 396 g/mol. The van der Waals surface area contributed by atoms with Gasteiger partial charge in [0.2, 0.25) is 0 Å². The topological polar surface area (TPSA) is 34.0 Å². The number of quaternary nitrogens is 1. The SMILES string of the molecule is CC1=C2C[C@H]3[C@@H](C[C@@]2(C)CCC1)OC(=O)[C@@H]3C[NH+]1CCN(c2cccc(Cl)c2)CC1. The van der Waals surface area contributed by atoms with Crippen LogP contribution in [0.2, 0.25) is 5.02 Å². The monoisotopic (exact) mass is 429 g/mol. The van der Waals surface area contributed by atoms with Gasteiger partial charge in [-0.3, -0.25) is 4.79 Å². The van der Waals surface area contributed by atoms with Crippen LogP contribution in [0.25, 0.3) is 0 Å². The van der Waals surface area contributed by atoms with Crippen molar-refractivity contribution in [1.29, 1.82) is 0 Å².